The quantitative estimate of drug-likeness (QED) is 0.583. The summed E-state index contributed by atoms with van der Waals surface area (Å²) in [4.78, 5) is 28.0. The predicted octanol–water partition coefficient (Wildman–Crippen LogP) is 1.37. The monoisotopic (exact) mass is 429 g/mol. The van der Waals surface area contributed by atoms with Gasteiger partial charge in [-0.3, -0.25) is 9.78 Å². The minimum Gasteiger partial charge on any atom is -0.491 e. The number of fused-ring (bicyclic) bond motifs is 1. The Labute approximate surface area is 182 Å². The summed E-state index contributed by atoms with van der Waals surface area (Å²) < 4.78 is 10.6. The number of hydrogen-bond acceptors (Lipinski definition) is 8. The number of hydrogen-bond donors (Lipinski definition) is 2. The van der Waals surface area contributed by atoms with Gasteiger partial charge in [0.1, 0.15) is 30.0 Å². The van der Waals surface area contributed by atoms with E-state index in [0.29, 0.717) is 17.3 Å². The smallest absolute Gasteiger partial charge is 0.239 e. The van der Waals surface area contributed by atoms with Crippen molar-refractivity contribution in [1.82, 2.24) is 20.3 Å². The fraction of sp³-hybridized carbons (Fsp3) is 0.545. The summed E-state index contributed by atoms with van der Waals surface area (Å²) in [5.41, 5.74) is 2.67. The maximum atomic E-state index is 12.3. The molecule has 1 aliphatic carbocycles. The molecule has 0 fully saturated rings. The molecule has 1 amide bonds. The second-order valence-corrected chi connectivity index (χ2v) is 8.02. The average Bonchev–Trinajstić information content (AvgIpc) is 3.20. The van der Waals surface area contributed by atoms with E-state index in [-0.39, 0.29) is 31.7 Å². The number of carbonyl (C=O) groups is 1. The van der Waals surface area contributed by atoms with Crippen molar-refractivity contribution >= 4 is 11.7 Å². The van der Waals surface area contributed by atoms with Gasteiger partial charge in [0.15, 0.2) is 5.82 Å². The number of aliphatic hydroxyl groups excluding tert-OH is 1. The highest BCUT2D eigenvalue weighted by molar-refractivity contribution is 5.81. The number of anilines is 1. The van der Waals surface area contributed by atoms with Crippen LogP contribution in [0.4, 0.5) is 5.82 Å². The Bertz CT molecular complexity index is 905. The number of aromatic nitrogens is 3. The van der Waals surface area contributed by atoms with Gasteiger partial charge in [-0.1, -0.05) is 0 Å². The molecular formula is C22H31N5O4. The van der Waals surface area contributed by atoms with Crippen molar-refractivity contribution in [3.05, 3.63) is 29.6 Å². The highest BCUT2D eigenvalue weighted by Gasteiger charge is 2.23. The molecule has 2 aromatic rings. The number of methoxy groups -OCH3 is 1. The molecule has 0 saturated heterocycles. The van der Waals surface area contributed by atoms with Gasteiger partial charge in [0.2, 0.25) is 5.91 Å². The Morgan fingerprint density at radius 2 is 2.10 bits per heavy atom. The third kappa shape index (κ3) is 6.11. The molecule has 0 radical (unpaired) electrons. The summed E-state index contributed by atoms with van der Waals surface area (Å²) in [6, 6.07) is 3.56. The molecule has 2 N–H and O–H groups in total. The molecule has 0 aliphatic heterocycles. The fourth-order valence-corrected chi connectivity index (χ4v) is 3.56. The van der Waals surface area contributed by atoms with Gasteiger partial charge in [-0.2, -0.15) is 0 Å². The average molecular weight is 430 g/mol. The van der Waals surface area contributed by atoms with Crippen LogP contribution in [-0.4, -0.2) is 72.0 Å². The number of ether oxygens (including phenoxy) is 2. The van der Waals surface area contributed by atoms with Crippen LogP contribution >= 0.6 is 0 Å². The maximum absolute atomic E-state index is 12.3. The third-order valence-corrected chi connectivity index (χ3v) is 4.87. The van der Waals surface area contributed by atoms with E-state index in [2.05, 4.69) is 10.3 Å². The zero-order chi connectivity index (χ0) is 22.4. The minimum absolute atomic E-state index is 0.0486. The van der Waals surface area contributed by atoms with Gasteiger partial charge < -0.3 is 24.8 Å². The van der Waals surface area contributed by atoms with Crippen molar-refractivity contribution in [2.45, 2.75) is 45.3 Å². The Hall–Kier alpha value is -2.78. The molecule has 2 aromatic heterocycles. The first-order chi connectivity index (χ1) is 14.9. The molecule has 1 aliphatic rings. The lowest BCUT2D eigenvalue weighted by molar-refractivity contribution is -0.120. The van der Waals surface area contributed by atoms with Gasteiger partial charge in [-0.05, 0) is 39.2 Å². The summed E-state index contributed by atoms with van der Waals surface area (Å²) in [6.45, 7) is 4.41. The number of aryl methyl sites for hydroxylation is 1. The SMILES string of the molecule is COCC(O)COc1ccnc(-c2nc3c(c(N(C)CC(=O)NC(C)C)n2)CCC3)c1. The summed E-state index contributed by atoms with van der Waals surface area (Å²) in [6.07, 6.45) is 3.71. The Kier molecular flexibility index (Phi) is 7.75. The Morgan fingerprint density at radius 1 is 1.29 bits per heavy atom. The molecule has 1 atom stereocenters. The second-order valence-electron chi connectivity index (χ2n) is 8.02. The van der Waals surface area contributed by atoms with Crippen molar-refractivity contribution < 1.29 is 19.4 Å². The predicted molar refractivity (Wildman–Crippen MR) is 117 cm³/mol. The van der Waals surface area contributed by atoms with Crippen molar-refractivity contribution in [1.29, 1.82) is 0 Å². The van der Waals surface area contributed by atoms with E-state index in [1.54, 1.807) is 18.3 Å². The van der Waals surface area contributed by atoms with Crippen LogP contribution in [0.3, 0.4) is 0 Å². The lowest BCUT2D eigenvalue weighted by Gasteiger charge is -2.22. The van der Waals surface area contributed by atoms with Crippen molar-refractivity contribution in [2.24, 2.45) is 0 Å². The number of amides is 1. The van der Waals surface area contributed by atoms with Gasteiger partial charge in [-0.25, -0.2) is 9.97 Å². The van der Waals surface area contributed by atoms with E-state index < -0.39 is 6.10 Å². The van der Waals surface area contributed by atoms with Crippen LogP contribution in [0.25, 0.3) is 11.5 Å². The number of nitrogens with one attached hydrogen (secondary N) is 1. The molecule has 2 heterocycles. The van der Waals surface area contributed by atoms with Gasteiger partial charge in [0, 0.05) is 43.7 Å². The standard InChI is InChI=1S/C22H31N5O4/c1-14(2)24-20(29)11-27(3)22-17-6-5-7-18(17)25-21(26-22)19-10-16(8-9-23-19)31-13-15(28)12-30-4/h8-10,14-15,28H,5-7,11-13H2,1-4H3,(H,24,29). The first kappa shape index (κ1) is 22.9. The molecule has 168 valence electrons. The minimum atomic E-state index is -0.713. The molecule has 1 unspecified atom stereocenters. The Balaban J connectivity index is 1.83. The highest BCUT2D eigenvalue weighted by atomic mass is 16.5. The van der Waals surface area contributed by atoms with E-state index >= 15 is 0 Å². The van der Waals surface area contributed by atoms with Crippen LogP contribution in [0.15, 0.2) is 18.3 Å². The zero-order valence-electron chi connectivity index (χ0n) is 18.6. The molecule has 9 nitrogen and oxygen atoms in total. The van der Waals surface area contributed by atoms with Gasteiger partial charge in [0.05, 0.1) is 13.2 Å². The summed E-state index contributed by atoms with van der Waals surface area (Å²) >= 11 is 0. The molecule has 31 heavy (non-hydrogen) atoms. The lowest BCUT2D eigenvalue weighted by atomic mass is 10.2. The number of nitrogens with zero attached hydrogens (tertiary/aromatic N) is 4. The topological polar surface area (TPSA) is 110 Å². The number of rotatable bonds is 10. The summed E-state index contributed by atoms with van der Waals surface area (Å²) in [5.74, 6) is 1.78. The first-order valence-corrected chi connectivity index (χ1v) is 10.5. The normalized spacial score (nSPS) is 13.7. The number of aliphatic hydroxyl groups is 1. The van der Waals surface area contributed by atoms with Crippen molar-refractivity contribution in [3.8, 4) is 17.3 Å². The number of likely N-dealkylation sites (N-methyl/N-ethyl adjacent to an activating group) is 1. The van der Waals surface area contributed by atoms with Gasteiger partial charge in [-0.15, -0.1) is 0 Å². The number of carbonyl (C=O) groups excluding carboxylic acids is 1. The van der Waals surface area contributed by atoms with E-state index in [1.807, 2.05) is 25.8 Å². The molecule has 9 heteroatoms. The van der Waals surface area contributed by atoms with Gasteiger partial charge in [0.25, 0.3) is 0 Å². The molecule has 0 bridgehead atoms. The van der Waals surface area contributed by atoms with Gasteiger partial charge >= 0.3 is 0 Å². The van der Waals surface area contributed by atoms with E-state index in [9.17, 15) is 9.90 Å². The zero-order valence-corrected chi connectivity index (χ0v) is 18.6. The van der Waals surface area contributed by atoms with Crippen molar-refractivity contribution in [2.75, 3.05) is 38.8 Å². The van der Waals surface area contributed by atoms with E-state index in [1.165, 1.54) is 7.11 Å². The molecule has 3 rings (SSSR count). The molecule has 0 aromatic carbocycles. The van der Waals surface area contributed by atoms with Crippen LogP contribution in [0.2, 0.25) is 0 Å². The Morgan fingerprint density at radius 3 is 2.84 bits per heavy atom. The second kappa shape index (κ2) is 10.5. The van der Waals surface area contributed by atoms with Crippen LogP contribution in [0.1, 0.15) is 31.5 Å². The molecule has 0 spiro atoms. The lowest BCUT2D eigenvalue weighted by Crippen LogP contribution is -2.39. The molecule has 0 saturated carbocycles. The fourth-order valence-electron chi connectivity index (χ4n) is 3.56. The van der Waals surface area contributed by atoms with Crippen molar-refractivity contribution in [3.63, 3.8) is 0 Å². The first-order valence-electron chi connectivity index (χ1n) is 10.5. The van der Waals surface area contributed by atoms with Crippen LogP contribution < -0.4 is 15.0 Å². The third-order valence-electron chi connectivity index (χ3n) is 4.87. The summed E-state index contributed by atoms with van der Waals surface area (Å²) in [7, 11) is 3.40. The highest BCUT2D eigenvalue weighted by Crippen LogP contribution is 2.31. The largest absolute Gasteiger partial charge is 0.491 e. The summed E-state index contributed by atoms with van der Waals surface area (Å²) in [5, 5.41) is 12.7. The van der Waals surface area contributed by atoms with Crippen LogP contribution in [-0.2, 0) is 22.4 Å². The number of pyridine rings is 1. The van der Waals surface area contributed by atoms with Crippen LogP contribution in [0, 0.1) is 0 Å². The van der Waals surface area contributed by atoms with Crippen LogP contribution in [0.5, 0.6) is 5.75 Å². The maximum Gasteiger partial charge on any atom is 0.239 e. The van der Waals surface area contributed by atoms with E-state index in [4.69, 9.17) is 19.4 Å². The van der Waals surface area contributed by atoms with E-state index in [0.717, 1.165) is 36.3 Å². The molecular weight excluding hydrogens is 398 g/mol.